The van der Waals surface area contributed by atoms with Crippen LogP contribution in [0.25, 0.3) is 0 Å². The second-order valence-electron chi connectivity index (χ2n) is 7.02. The number of fused-ring (bicyclic) bond motifs is 2. The summed E-state index contributed by atoms with van der Waals surface area (Å²) >= 11 is 3.28. The van der Waals surface area contributed by atoms with E-state index < -0.39 is 15.5 Å². The van der Waals surface area contributed by atoms with Gasteiger partial charge in [-0.1, -0.05) is 29.8 Å². The minimum absolute atomic E-state index is 0.0405. The minimum Gasteiger partial charge on any atom is -0.366 e. The van der Waals surface area contributed by atoms with Crippen LogP contribution in [0.15, 0.2) is 0 Å². The fourth-order valence-electron chi connectivity index (χ4n) is 4.08. The van der Waals surface area contributed by atoms with Crippen molar-refractivity contribution >= 4 is 31.8 Å². The molecule has 3 rings (SSSR count). The van der Waals surface area contributed by atoms with Crippen molar-refractivity contribution in [2.45, 2.75) is 45.3 Å². The average molecular weight is 381 g/mol. The Hall–Kier alpha value is 0.0200. The number of rotatable bonds is 6. The summed E-state index contributed by atoms with van der Waals surface area (Å²) in [6.45, 7) is 4.10. The fraction of sp³-hybridized carbons (Fsp3) is 0.929. The Labute approximate surface area is 134 Å². The molecule has 4 atom stereocenters. The van der Waals surface area contributed by atoms with Gasteiger partial charge in [0.25, 0.3) is 10.1 Å². The molecule has 21 heavy (non-hydrogen) atoms. The Morgan fingerprint density at radius 1 is 1.38 bits per heavy atom. The Balaban J connectivity index is 1.68. The van der Waals surface area contributed by atoms with Gasteiger partial charge in [0.1, 0.15) is 11.9 Å². The molecule has 2 saturated carbocycles. The summed E-state index contributed by atoms with van der Waals surface area (Å²) in [6, 6.07) is 0. The first-order valence-corrected chi connectivity index (χ1v) is 10.0. The monoisotopic (exact) mass is 380 g/mol. The van der Waals surface area contributed by atoms with Gasteiger partial charge in [-0.25, -0.2) is 0 Å². The Bertz CT molecular complexity index is 558. The highest BCUT2D eigenvalue weighted by Gasteiger charge is 2.65. The number of epoxide rings is 1. The van der Waals surface area contributed by atoms with E-state index in [9.17, 15) is 13.2 Å². The van der Waals surface area contributed by atoms with E-state index in [1.54, 1.807) is 0 Å². The van der Waals surface area contributed by atoms with Crippen molar-refractivity contribution in [3.63, 3.8) is 0 Å². The lowest BCUT2D eigenvalue weighted by molar-refractivity contribution is -0.128. The van der Waals surface area contributed by atoms with Crippen LogP contribution in [0, 0.1) is 16.7 Å². The zero-order chi connectivity index (χ0) is 15.5. The van der Waals surface area contributed by atoms with E-state index in [-0.39, 0.29) is 35.8 Å². The number of ketones is 1. The van der Waals surface area contributed by atoms with E-state index in [0.29, 0.717) is 24.1 Å². The van der Waals surface area contributed by atoms with E-state index in [1.807, 2.05) is 13.8 Å². The van der Waals surface area contributed by atoms with E-state index in [0.717, 1.165) is 6.42 Å². The highest BCUT2D eigenvalue weighted by atomic mass is 79.9. The summed E-state index contributed by atoms with van der Waals surface area (Å²) in [6.07, 6.45) is 2.00. The van der Waals surface area contributed by atoms with Crippen LogP contribution in [-0.2, 0) is 23.8 Å². The van der Waals surface area contributed by atoms with Crippen LogP contribution < -0.4 is 0 Å². The normalized spacial score (nSPS) is 40.7. The van der Waals surface area contributed by atoms with Gasteiger partial charge in [0, 0.05) is 11.8 Å². The largest absolute Gasteiger partial charge is 0.366 e. The van der Waals surface area contributed by atoms with Crippen LogP contribution in [0.5, 0.6) is 0 Å². The van der Waals surface area contributed by atoms with Crippen LogP contribution in [0.1, 0.15) is 33.1 Å². The van der Waals surface area contributed by atoms with Crippen LogP contribution in [-0.4, -0.2) is 44.1 Å². The van der Waals surface area contributed by atoms with Crippen LogP contribution >= 0.6 is 15.9 Å². The molecule has 1 saturated heterocycles. The molecule has 3 aliphatic rings. The molecule has 120 valence electrons. The lowest BCUT2D eigenvalue weighted by atomic mass is 9.70. The number of carbonyl (C=O) groups is 1. The summed E-state index contributed by atoms with van der Waals surface area (Å²) in [7, 11) is -3.72. The van der Waals surface area contributed by atoms with E-state index >= 15 is 0 Å². The van der Waals surface area contributed by atoms with Crippen molar-refractivity contribution in [2.75, 3.05) is 17.7 Å². The van der Waals surface area contributed by atoms with Crippen molar-refractivity contribution in [1.82, 2.24) is 0 Å². The first kappa shape index (κ1) is 15.9. The van der Waals surface area contributed by atoms with Gasteiger partial charge in [-0.15, -0.1) is 0 Å². The molecule has 0 aromatic rings. The van der Waals surface area contributed by atoms with Gasteiger partial charge in [-0.2, -0.15) is 8.42 Å². The fourth-order valence-corrected chi connectivity index (χ4v) is 6.36. The van der Waals surface area contributed by atoms with Gasteiger partial charge in [-0.05, 0) is 24.2 Å². The standard InChI is InChI=1S/C14H21BrO5S/c1-13(2)9-3-4-14(13,12(16)5-9)8-21(17,18)19-7-11-10(6-15)20-11/h9-11H,3-8H2,1-2H3/t9?,10-,11+,14-/m1/s1. The average Bonchev–Trinajstić information content (AvgIpc) is 3.09. The first-order chi connectivity index (χ1) is 9.72. The topological polar surface area (TPSA) is 73.0 Å². The second-order valence-corrected chi connectivity index (χ2v) is 9.31. The summed E-state index contributed by atoms with van der Waals surface area (Å²) in [5.74, 6) is 0.218. The van der Waals surface area contributed by atoms with Crippen molar-refractivity contribution < 1.29 is 22.1 Å². The highest BCUT2D eigenvalue weighted by molar-refractivity contribution is 9.09. The number of halogens is 1. The summed E-state index contributed by atoms with van der Waals surface area (Å²) < 4.78 is 34.9. The number of hydrogen-bond donors (Lipinski definition) is 0. The first-order valence-electron chi connectivity index (χ1n) is 7.34. The predicted octanol–water partition coefficient (Wildman–Crippen LogP) is 1.89. The molecule has 1 aliphatic heterocycles. The zero-order valence-electron chi connectivity index (χ0n) is 12.3. The minimum atomic E-state index is -3.72. The van der Waals surface area contributed by atoms with Crippen molar-refractivity contribution in [1.29, 1.82) is 0 Å². The summed E-state index contributed by atoms with van der Waals surface area (Å²) in [5, 5.41) is 0.679. The summed E-state index contributed by atoms with van der Waals surface area (Å²) in [4.78, 5) is 12.3. The molecule has 7 heteroatoms. The van der Waals surface area contributed by atoms with Crippen LogP contribution in [0.4, 0.5) is 0 Å². The molecule has 0 N–H and O–H groups in total. The van der Waals surface area contributed by atoms with Crippen molar-refractivity contribution in [3.8, 4) is 0 Å². The molecule has 3 fully saturated rings. The van der Waals surface area contributed by atoms with Gasteiger partial charge >= 0.3 is 0 Å². The number of carbonyl (C=O) groups excluding carboxylic acids is 1. The molecule has 1 heterocycles. The van der Waals surface area contributed by atoms with Gasteiger partial charge in [0.15, 0.2) is 0 Å². The third kappa shape index (κ3) is 2.50. The Kier molecular flexibility index (Phi) is 3.79. The molecular formula is C14H21BrO5S. The quantitative estimate of drug-likeness (QED) is 0.399. The lowest BCUT2D eigenvalue weighted by Crippen LogP contribution is -2.42. The highest BCUT2D eigenvalue weighted by Crippen LogP contribution is 2.64. The maximum Gasteiger partial charge on any atom is 0.268 e. The molecule has 0 spiro atoms. The number of alkyl halides is 1. The lowest BCUT2D eigenvalue weighted by Gasteiger charge is -2.35. The van der Waals surface area contributed by atoms with Gasteiger partial charge < -0.3 is 4.74 Å². The third-order valence-electron chi connectivity index (χ3n) is 5.81. The van der Waals surface area contributed by atoms with E-state index in [1.165, 1.54) is 0 Å². The second kappa shape index (κ2) is 5.01. The third-order valence-corrected chi connectivity index (χ3v) is 7.79. The van der Waals surface area contributed by atoms with Gasteiger partial charge in [0.05, 0.1) is 23.9 Å². The molecule has 2 bridgehead atoms. The maximum atomic E-state index is 12.3. The molecule has 5 nitrogen and oxygen atoms in total. The van der Waals surface area contributed by atoms with Crippen LogP contribution in [0.3, 0.4) is 0 Å². The molecule has 1 unspecified atom stereocenters. The van der Waals surface area contributed by atoms with E-state index in [2.05, 4.69) is 15.9 Å². The predicted molar refractivity (Wildman–Crippen MR) is 80.8 cm³/mol. The molecule has 0 radical (unpaired) electrons. The number of ether oxygens (including phenoxy) is 1. The summed E-state index contributed by atoms with van der Waals surface area (Å²) in [5.41, 5.74) is -1.01. The van der Waals surface area contributed by atoms with Gasteiger partial charge in [0.2, 0.25) is 0 Å². The van der Waals surface area contributed by atoms with Crippen molar-refractivity contribution in [3.05, 3.63) is 0 Å². The molecule has 0 aromatic carbocycles. The molecule has 0 amide bonds. The molecule has 2 aliphatic carbocycles. The van der Waals surface area contributed by atoms with Gasteiger partial charge in [-0.3, -0.25) is 8.98 Å². The molecular weight excluding hydrogens is 360 g/mol. The number of Topliss-reactive ketones (excluding diaryl/α,β-unsaturated/α-hetero) is 1. The SMILES string of the molecule is CC1(C)C2CC[C@@]1(CS(=O)(=O)OC[C@@H]1O[C@@H]1CBr)C(=O)C2. The van der Waals surface area contributed by atoms with Crippen molar-refractivity contribution in [2.24, 2.45) is 16.7 Å². The number of hydrogen-bond acceptors (Lipinski definition) is 5. The van der Waals surface area contributed by atoms with Crippen LogP contribution in [0.2, 0.25) is 0 Å². The zero-order valence-corrected chi connectivity index (χ0v) is 14.7. The molecule has 0 aromatic heterocycles. The van der Waals surface area contributed by atoms with E-state index in [4.69, 9.17) is 8.92 Å². The smallest absolute Gasteiger partial charge is 0.268 e. The Morgan fingerprint density at radius 2 is 2.10 bits per heavy atom. The maximum absolute atomic E-state index is 12.3. The Morgan fingerprint density at radius 3 is 2.57 bits per heavy atom.